The van der Waals surface area contributed by atoms with Gasteiger partial charge in [-0.3, -0.25) is 19.7 Å². The Labute approximate surface area is 113 Å². The molecule has 0 atom stereocenters. The van der Waals surface area contributed by atoms with Gasteiger partial charge in [-0.2, -0.15) is 0 Å². The van der Waals surface area contributed by atoms with Crippen molar-refractivity contribution < 1.29 is 19.2 Å². The van der Waals surface area contributed by atoms with Crippen molar-refractivity contribution in [2.45, 2.75) is 13.3 Å². The Kier molecular flexibility index (Phi) is 5.25. The molecule has 0 aliphatic carbocycles. The number of hydrogen-bond donors (Lipinski definition) is 1. The van der Waals surface area contributed by atoms with E-state index in [0.29, 0.717) is 0 Å². The van der Waals surface area contributed by atoms with Crippen LogP contribution in [-0.4, -0.2) is 23.4 Å². The molecule has 1 aromatic rings. The Hall–Kier alpha value is -2.15. The molecule has 0 saturated carbocycles. The number of carbonyl (C=O) groups excluding carboxylic acids is 2. The summed E-state index contributed by atoms with van der Waals surface area (Å²) < 4.78 is 4.60. The van der Waals surface area contributed by atoms with E-state index in [-0.39, 0.29) is 22.8 Å². The summed E-state index contributed by atoms with van der Waals surface area (Å²) in [6, 6.07) is 3.77. The van der Waals surface area contributed by atoms with Crippen LogP contribution >= 0.6 is 11.6 Å². The number of ether oxygens (including phenoxy) is 1. The number of halogens is 1. The molecule has 1 amide bonds. The molecule has 0 bridgehead atoms. The molecule has 0 aliphatic rings. The molecule has 0 aromatic heterocycles. The molecule has 8 heteroatoms. The van der Waals surface area contributed by atoms with E-state index in [1.807, 2.05) is 0 Å². The normalized spacial score (nSPS) is 9.79. The van der Waals surface area contributed by atoms with Gasteiger partial charge in [0.25, 0.3) is 11.6 Å². The van der Waals surface area contributed by atoms with Gasteiger partial charge in [-0.05, 0) is 12.1 Å². The van der Waals surface area contributed by atoms with E-state index in [1.165, 1.54) is 18.2 Å². The van der Waals surface area contributed by atoms with E-state index in [9.17, 15) is 19.7 Å². The molecule has 1 rings (SSSR count). The molecule has 0 aliphatic heterocycles. The molecule has 1 aromatic carbocycles. The number of nitrogens with zero attached hydrogens (tertiary/aromatic N) is 1. The number of nitrogens with one attached hydrogen (secondary N) is 1. The van der Waals surface area contributed by atoms with Gasteiger partial charge < -0.3 is 10.1 Å². The summed E-state index contributed by atoms with van der Waals surface area (Å²) in [6.45, 7) is 1.08. The van der Waals surface area contributed by atoms with Crippen LogP contribution in [0.3, 0.4) is 0 Å². The third-order valence-corrected chi connectivity index (χ3v) is 2.32. The van der Waals surface area contributed by atoms with Crippen LogP contribution in [0.15, 0.2) is 18.2 Å². The van der Waals surface area contributed by atoms with Gasteiger partial charge in [0.15, 0.2) is 6.61 Å². The van der Waals surface area contributed by atoms with Gasteiger partial charge in [-0.15, -0.1) is 0 Å². The maximum absolute atomic E-state index is 11.5. The third kappa shape index (κ3) is 4.55. The second kappa shape index (κ2) is 6.69. The maximum atomic E-state index is 11.5. The summed E-state index contributed by atoms with van der Waals surface area (Å²) in [4.78, 5) is 32.4. The fourth-order valence-electron chi connectivity index (χ4n) is 1.20. The number of nitro benzene ring substituents is 1. The van der Waals surface area contributed by atoms with E-state index in [4.69, 9.17) is 11.6 Å². The van der Waals surface area contributed by atoms with Gasteiger partial charge in [0.1, 0.15) is 5.69 Å². The number of carbonyl (C=O) groups is 2. The number of benzene rings is 1. The lowest BCUT2D eigenvalue weighted by Crippen LogP contribution is -2.21. The van der Waals surface area contributed by atoms with Crippen LogP contribution in [0.25, 0.3) is 0 Å². The zero-order chi connectivity index (χ0) is 14.4. The van der Waals surface area contributed by atoms with Crippen LogP contribution in [0.1, 0.15) is 13.3 Å². The van der Waals surface area contributed by atoms with Crippen LogP contribution in [-0.2, 0) is 14.3 Å². The molecule has 0 saturated heterocycles. The summed E-state index contributed by atoms with van der Waals surface area (Å²) in [5.41, 5.74) is -0.338. The van der Waals surface area contributed by atoms with E-state index < -0.39 is 23.4 Å². The van der Waals surface area contributed by atoms with Gasteiger partial charge in [0.2, 0.25) is 0 Å². The van der Waals surface area contributed by atoms with Gasteiger partial charge in [0, 0.05) is 17.5 Å². The molecule has 0 heterocycles. The van der Waals surface area contributed by atoms with E-state index >= 15 is 0 Å². The number of nitro groups is 1. The zero-order valence-electron chi connectivity index (χ0n) is 10.0. The number of rotatable bonds is 5. The minimum atomic E-state index is -0.674. The first-order chi connectivity index (χ1) is 8.93. The zero-order valence-corrected chi connectivity index (χ0v) is 10.8. The van der Waals surface area contributed by atoms with Crippen molar-refractivity contribution in [1.29, 1.82) is 0 Å². The maximum Gasteiger partial charge on any atom is 0.306 e. The highest BCUT2D eigenvalue weighted by Crippen LogP contribution is 2.27. The molecule has 7 nitrogen and oxygen atoms in total. The molecule has 0 fully saturated rings. The predicted molar refractivity (Wildman–Crippen MR) is 68.0 cm³/mol. The predicted octanol–water partition coefficient (Wildman–Crippen LogP) is 2.14. The average Bonchev–Trinajstić information content (AvgIpc) is 2.35. The van der Waals surface area contributed by atoms with Crippen LogP contribution in [0.5, 0.6) is 0 Å². The summed E-state index contributed by atoms with van der Waals surface area (Å²) in [5, 5.41) is 13.3. The Morgan fingerprint density at radius 2 is 2.16 bits per heavy atom. The fourth-order valence-corrected chi connectivity index (χ4v) is 1.37. The summed E-state index contributed by atoms with van der Waals surface area (Å²) in [6.07, 6.45) is 0.143. The molecule has 102 valence electrons. The van der Waals surface area contributed by atoms with Crippen molar-refractivity contribution in [3.05, 3.63) is 33.3 Å². The van der Waals surface area contributed by atoms with Crippen LogP contribution in [0, 0.1) is 10.1 Å². The van der Waals surface area contributed by atoms with Crippen LogP contribution in [0.2, 0.25) is 5.02 Å². The summed E-state index contributed by atoms with van der Waals surface area (Å²) >= 11 is 5.70. The van der Waals surface area contributed by atoms with Crippen molar-refractivity contribution >= 4 is 34.9 Å². The lowest BCUT2D eigenvalue weighted by atomic mass is 10.2. The van der Waals surface area contributed by atoms with Crippen molar-refractivity contribution in [3.63, 3.8) is 0 Å². The Balaban J connectivity index is 2.75. The first-order valence-electron chi connectivity index (χ1n) is 5.33. The van der Waals surface area contributed by atoms with E-state index in [0.717, 1.165) is 0 Å². The summed E-state index contributed by atoms with van der Waals surface area (Å²) in [5.74, 6) is -1.21. The van der Waals surface area contributed by atoms with Crippen LogP contribution < -0.4 is 5.32 Å². The first kappa shape index (κ1) is 14.9. The minimum Gasteiger partial charge on any atom is -0.456 e. The van der Waals surface area contributed by atoms with Crippen molar-refractivity contribution in [2.75, 3.05) is 11.9 Å². The van der Waals surface area contributed by atoms with Gasteiger partial charge in [-0.1, -0.05) is 18.5 Å². The highest BCUT2D eigenvalue weighted by Gasteiger charge is 2.16. The van der Waals surface area contributed by atoms with Crippen molar-refractivity contribution in [2.24, 2.45) is 0 Å². The largest absolute Gasteiger partial charge is 0.456 e. The standard InChI is InChI=1S/C11H11ClN2O5/c1-2-11(16)19-6-10(15)13-8-5-7(12)3-4-9(8)14(17)18/h3-5H,2,6H2,1H3,(H,13,15). The summed E-state index contributed by atoms with van der Waals surface area (Å²) in [7, 11) is 0. The smallest absolute Gasteiger partial charge is 0.306 e. The SMILES string of the molecule is CCC(=O)OCC(=O)Nc1cc(Cl)ccc1[N+](=O)[O-]. The molecule has 0 radical (unpaired) electrons. The number of anilines is 1. The molecule has 0 spiro atoms. The number of amides is 1. The first-order valence-corrected chi connectivity index (χ1v) is 5.71. The quantitative estimate of drug-likeness (QED) is 0.508. The van der Waals surface area contributed by atoms with E-state index in [2.05, 4.69) is 10.1 Å². The molecule has 0 unspecified atom stereocenters. The molecular weight excluding hydrogens is 276 g/mol. The lowest BCUT2D eigenvalue weighted by Gasteiger charge is -2.06. The van der Waals surface area contributed by atoms with Gasteiger partial charge in [0.05, 0.1) is 4.92 Å². The number of hydrogen-bond acceptors (Lipinski definition) is 5. The van der Waals surface area contributed by atoms with Crippen LogP contribution in [0.4, 0.5) is 11.4 Å². The molecule has 1 N–H and O–H groups in total. The Bertz CT molecular complexity index is 518. The van der Waals surface area contributed by atoms with Crippen molar-refractivity contribution in [1.82, 2.24) is 0 Å². The minimum absolute atomic E-state index is 0.0463. The van der Waals surface area contributed by atoms with E-state index in [1.54, 1.807) is 6.92 Å². The van der Waals surface area contributed by atoms with Crippen molar-refractivity contribution in [3.8, 4) is 0 Å². The second-order valence-corrected chi connectivity index (χ2v) is 3.92. The third-order valence-electron chi connectivity index (χ3n) is 2.08. The number of esters is 1. The highest BCUT2D eigenvalue weighted by molar-refractivity contribution is 6.31. The molecular formula is C11H11ClN2O5. The second-order valence-electron chi connectivity index (χ2n) is 3.48. The Morgan fingerprint density at radius 1 is 1.47 bits per heavy atom. The fraction of sp³-hybridized carbons (Fsp3) is 0.273. The average molecular weight is 287 g/mol. The highest BCUT2D eigenvalue weighted by atomic mass is 35.5. The topological polar surface area (TPSA) is 98.5 Å². The molecule has 19 heavy (non-hydrogen) atoms. The lowest BCUT2D eigenvalue weighted by molar-refractivity contribution is -0.383. The van der Waals surface area contributed by atoms with Gasteiger partial charge >= 0.3 is 5.97 Å². The monoisotopic (exact) mass is 286 g/mol. The Morgan fingerprint density at radius 3 is 2.74 bits per heavy atom. The van der Waals surface area contributed by atoms with Gasteiger partial charge in [-0.25, -0.2) is 0 Å².